The van der Waals surface area contributed by atoms with Crippen LogP contribution in [0, 0.1) is 12.7 Å². The monoisotopic (exact) mass is 379 g/mol. The van der Waals surface area contributed by atoms with E-state index in [1.165, 1.54) is 13.0 Å². The van der Waals surface area contributed by atoms with Gasteiger partial charge in [-0.15, -0.1) is 0 Å². The molecule has 0 saturated heterocycles. The van der Waals surface area contributed by atoms with Crippen LogP contribution >= 0.6 is 0 Å². The maximum Gasteiger partial charge on any atom is 0.229 e. The third-order valence-corrected chi connectivity index (χ3v) is 3.97. The molecular weight excluding hydrogens is 357 g/mol. The van der Waals surface area contributed by atoms with E-state index in [0.717, 1.165) is 17.1 Å². The number of rotatable bonds is 7. The summed E-state index contributed by atoms with van der Waals surface area (Å²) in [5.41, 5.74) is 3.00. The van der Waals surface area contributed by atoms with E-state index in [1.54, 1.807) is 24.3 Å². The van der Waals surface area contributed by atoms with Gasteiger partial charge in [-0.3, -0.25) is 4.79 Å². The van der Waals surface area contributed by atoms with E-state index >= 15 is 0 Å². The molecule has 0 atom stereocenters. The molecule has 3 aromatic rings. The smallest absolute Gasteiger partial charge is 0.229 e. The van der Waals surface area contributed by atoms with E-state index in [0.29, 0.717) is 30.3 Å². The average Bonchev–Trinajstić information content (AvgIpc) is 2.64. The first kappa shape index (κ1) is 19.3. The minimum Gasteiger partial charge on any atom is -0.370 e. The predicted octanol–water partition coefficient (Wildman–Crippen LogP) is 4.28. The fourth-order valence-corrected chi connectivity index (χ4v) is 2.71. The highest BCUT2D eigenvalue weighted by Gasteiger charge is 2.05. The quantitative estimate of drug-likeness (QED) is 0.571. The van der Waals surface area contributed by atoms with Crippen LogP contribution in [-0.2, 0) is 11.2 Å². The number of amides is 1. The second-order valence-corrected chi connectivity index (χ2v) is 6.37. The van der Waals surface area contributed by atoms with Gasteiger partial charge in [0, 0.05) is 36.6 Å². The van der Waals surface area contributed by atoms with Crippen LogP contribution in [-0.4, -0.2) is 22.4 Å². The Kier molecular flexibility index (Phi) is 6.16. The minimum absolute atomic E-state index is 0.117. The van der Waals surface area contributed by atoms with E-state index < -0.39 is 0 Å². The van der Waals surface area contributed by atoms with Crippen molar-refractivity contribution < 1.29 is 9.18 Å². The van der Waals surface area contributed by atoms with Gasteiger partial charge < -0.3 is 16.0 Å². The van der Waals surface area contributed by atoms with Crippen LogP contribution in [0.4, 0.5) is 27.5 Å². The summed E-state index contributed by atoms with van der Waals surface area (Å²) >= 11 is 0. The van der Waals surface area contributed by atoms with Gasteiger partial charge in [0.25, 0.3) is 0 Å². The van der Waals surface area contributed by atoms with Gasteiger partial charge in [0.1, 0.15) is 11.6 Å². The molecule has 6 nitrogen and oxygen atoms in total. The fourth-order valence-electron chi connectivity index (χ4n) is 2.71. The molecule has 3 N–H and O–H groups in total. The lowest BCUT2D eigenvalue weighted by molar-refractivity contribution is -0.114. The van der Waals surface area contributed by atoms with Crippen molar-refractivity contribution in [2.24, 2.45) is 0 Å². The van der Waals surface area contributed by atoms with Crippen molar-refractivity contribution in [3.05, 3.63) is 71.7 Å². The Bertz CT molecular complexity index is 959. The molecule has 0 unspecified atom stereocenters. The molecule has 2 aromatic carbocycles. The van der Waals surface area contributed by atoms with Gasteiger partial charge in [0.2, 0.25) is 11.9 Å². The number of nitrogens with zero attached hydrogens (tertiary/aromatic N) is 2. The summed E-state index contributed by atoms with van der Waals surface area (Å²) in [7, 11) is 0. The van der Waals surface area contributed by atoms with Crippen molar-refractivity contribution in [1.82, 2.24) is 9.97 Å². The van der Waals surface area contributed by atoms with Crippen molar-refractivity contribution in [3.8, 4) is 0 Å². The summed E-state index contributed by atoms with van der Waals surface area (Å²) in [6.45, 7) is 3.91. The highest BCUT2D eigenvalue weighted by atomic mass is 19.1. The Balaban J connectivity index is 1.62. The molecule has 0 aliphatic heterocycles. The Morgan fingerprint density at radius 3 is 2.46 bits per heavy atom. The molecule has 0 radical (unpaired) electrons. The maximum atomic E-state index is 13.7. The largest absolute Gasteiger partial charge is 0.370 e. The van der Waals surface area contributed by atoms with Crippen LogP contribution in [0.15, 0.2) is 54.6 Å². The summed E-state index contributed by atoms with van der Waals surface area (Å²) in [5.74, 6) is 0.809. The summed E-state index contributed by atoms with van der Waals surface area (Å²) < 4.78 is 13.7. The molecule has 28 heavy (non-hydrogen) atoms. The number of carbonyl (C=O) groups excluding carboxylic acids is 1. The Morgan fingerprint density at radius 2 is 1.75 bits per heavy atom. The molecule has 0 aliphatic rings. The number of anilines is 4. The summed E-state index contributed by atoms with van der Waals surface area (Å²) in [6.07, 6.45) is 0.559. The molecule has 3 rings (SSSR count). The van der Waals surface area contributed by atoms with Gasteiger partial charge in [-0.05, 0) is 49.2 Å². The zero-order valence-corrected chi connectivity index (χ0v) is 15.8. The molecule has 0 aliphatic carbocycles. The highest BCUT2D eigenvalue weighted by Crippen LogP contribution is 2.18. The first-order valence-corrected chi connectivity index (χ1v) is 8.97. The number of carbonyl (C=O) groups is 1. The zero-order valence-electron chi connectivity index (χ0n) is 15.8. The van der Waals surface area contributed by atoms with E-state index in [9.17, 15) is 9.18 Å². The number of hydrogen-bond donors (Lipinski definition) is 3. The summed E-state index contributed by atoms with van der Waals surface area (Å²) in [4.78, 5) is 19.9. The fraction of sp³-hybridized carbons (Fsp3) is 0.190. The Morgan fingerprint density at radius 1 is 1.04 bits per heavy atom. The summed E-state index contributed by atoms with van der Waals surface area (Å²) in [5, 5.41) is 9.08. The van der Waals surface area contributed by atoms with Crippen molar-refractivity contribution in [3.63, 3.8) is 0 Å². The Labute approximate surface area is 163 Å². The SMILES string of the molecule is CC(=O)Nc1ccc(Nc2nc(C)cc(NCCc3ccccc3F)n2)cc1. The van der Waals surface area contributed by atoms with Crippen LogP contribution in [0.2, 0.25) is 0 Å². The number of hydrogen-bond acceptors (Lipinski definition) is 5. The number of halogens is 1. The van der Waals surface area contributed by atoms with Gasteiger partial charge in [0.05, 0.1) is 0 Å². The van der Waals surface area contributed by atoms with Crippen LogP contribution < -0.4 is 16.0 Å². The van der Waals surface area contributed by atoms with E-state index in [-0.39, 0.29) is 11.7 Å². The van der Waals surface area contributed by atoms with Gasteiger partial charge in [-0.1, -0.05) is 18.2 Å². The average molecular weight is 379 g/mol. The third kappa shape index (κ3) is 5.51. The topological polar surface area (TPSA) is 78.9 Å². The van der Waals surface area contributed by atoms with Gasteiger partial charge in [-0.25, -0.2) is 9.37 Å². The molecule has 144 valence electrons. The first-order chi connectivity index (χ1) is 13.5. The second kappa shape index (κ2) is 8.94. The summed E-state index contributed by atoms with van der Waals surface area (Å²) in [6, 6.07) is 15.9. The molecule has 0 spiro atoms. The van der Waals surface area contributed by atoms with Crippen LogP contribution in [0.5, 0.6) is 0 Å². The molecule has 0 fully saturated rings. The van der Waals surface area contributed by atoms with Crippen LogP contribution in [0.3, 0.4) is 0 Å². The molecule has 7 heteroatoms. The van der Waals surface area contributed by atoms with E-state index in [1.807, 2.05) is 31.2 Å². The number of aromatic nitrogens is 2. The van der Waals surface area contributed by atoms with Crippen molar-refractivity contribution in [2.45, 2.75) is 20.3 Å². The van der Waals surface area contributed by atoms with Crippen molar-refractivity contribution in [1.29, 1.82) is 0 Å². The van der Waals surface area contributed by atoms with Gasteiger partial charge >= 0.3 is 0 Å². The lowest BCUT2D eigenvalue weighted by Gasteiger charge is -2.11. The van der Waals surface area contributed by atoms with Crippen molar-refractivity contribution in [2.75, 3.05) is 22.5 Å². The van der Waals surface area contributed by atoms with E-state index in [2.05, 4.69) is 25.9 Å². The molecule has 1 amide bonds. The predicted molar refractivity (Wildman–Crippen MR) is 109 cm³/mol. The molecule has 0 bridgehead atoms. The maximum absolute atomic E-state index is 13.7. The first-order valence-electron chi connectivity index (χ1n) is 8.97. The van der Waals surface area contributed by atoms with Gasteiger partial charge in [-0.2, -0.15) is 4.98 Å². The molecular formula is C21H22FN5O. The normalized spacial score (nSPS) is 10.4. The standard InChI is InChI=1S/C21H22FN5O/c1-14-13-20(23-12-11-16-5-3-4-6-19(16)22)27-21(24-14)26-18-9-7-17(8-10-18)25-15(2)28/h3-10,13H,11-12H2,1-2H3,(H,25,28)(H2,23,24,26,27). The number of benzene rings is 2. The Hall–Kier alpha value is -3.48. The van der Waals surface area contributed by atoms with Gasteiger partial charge in [0.15, 0.2) is 0 Å². The molecule has 1 aromatic heterocycles. The van der Waals surface area contributed by atoms with E-state index in [4.69, 9.17) is 0 Å². The number of nitrogens with one attached hydrogen (secondary N) is 3. The lowest BCUT2D eigenvalue weighted by atomic mass is 10.1. The molecule has 1 heterocycles. The molecule has 0 saturated carbocycles. The number of aryl methyl sites for hydroxylation is 1. The van der Waals surface area contributed by atoms with Crippen LogP contribution in [0.1, 0.15) is 18.2 Å². The lowest BCUT2D eigenvalue weighted by Crippen LogP contribution is -2.09. The zero-order chi connectivity index (χ0) is 19.9. The third-order valence-electron chi connectivity index (χ3n) is 3.97. The highest BCUT2D eigenvalue weighted by molar-refractivity contribution is 5.88. The minimum atomic E-state index is -0.201. The van der Waals surface area contributed by atoms with Crippen molar-refractivity contribution >= 4 is 29.0 Å². The second-order valence-electron chi connectivity index (χ2n) is 6.37. The van der Waals surface area contributed by atoms with Crippen LogP contribution in [0.25, 0.3) is 0 Å².